The summed E-state index contributed by atoms with van der Waals surface area (Å²) in [7, 11) is 0. The number of para-hydroxylation sites is 1. The van der Waals surface area contributed by atoms with Crippen LogP contribution in [0.2, 0.25) is 4.82 Å². The van der Waals surface area contributed by atoms with Crippen molar-refractivity contribution in [1.29, 1.82) is 0 Å². The summed E-state index contributed by atoms with van der Waals surface area (Å²) >= 11 is -0.173. The summed E-state index contributed by atoms with van der Waals surface area (Å²) in [5, 5.41) is 11.5. The third kappa shape index (κ3) is 3.80. The van der Waals surface area contributed by atoms with E-state index >= 15 is 0 Å². The van der Waals surface area contributed by atoms with E-state index in [1.165, 1.54) is 6.92 Å². The summed E-state index contributed by atoms with van der Waals surface area (Å²) in [5.41, 5.74) is 1.69. The minimum absolute atomic E-state index is 0.0563. The molecule has 1 aliphatic heterocycles. The maximum absolute atomic E-state index is 12.4. The number of benzene rings is 1. The average molecular weight is 492 g/mol. The number of allylic oxidation sites excluding steroid dienone is 1. The van der Waals surface area contributed by atoms with Crippen LogP contribution in [0.4, 0.5) is 5.69 Å². The molecule has 4 rings (SSSR count). The Kier molecular flexibility index (Phi) is 5.73. The van der Waals surface area contributed by atoms with Crippen LogP contribution < -0.4 is 4.46 Å². The summed E-state index contributed by atoms with van der Waals surface area (Å²) in [6.45, 7) is 7.39. The first-order valence-corrected chi connectivity index (χ1v) is 12.5. The summed E-state index contributed by atoms with van der Waals surface area (Å²) < 4.78 is 12.5. The quantitative estimate of drug-likeness (QED) is 0.210. The van der Waals surface area contributed by atoms with E-state index in [1.54, 1.807) is 12.1 Å². The van der Waals surface area contributed by atoms with Crippen molar-refractivity contribution >= 4 is 37.0 Å². The Bertz CT molecular complexity index is 975. The zero-order valence-electron chi connectivity index (χ0n) is 18.1. The molecule has 31 heavy (non-hydrogen) atoms. The van der Waals surface area contributed by atoms with Crippen LogP contribution in [-0.4, -0.2) is 43.5 Å². The molecule has 0 bridgehead atoms. The van der Waals surface area contributed by atoms with E-state index in [9.17, 15) is 19.7 Å². The Balaban J connectivity index is 1.74. The van der Waals surface area contributed by atoms with Crippen LogP contribution in [0.3, 0.4) is 0 Å². The van der Waals surface area contributed by atoms with E-state index in [0.717, 1.165) is 28.4 Å². The summed E-state index contributed by atoms with van der Waals surface area (Å²) in [4.78, 5) is 35.6. The Morgan fingerprint density at radius 1 is 1.35 bits per heavy atom. The van der Waals surface area contributed by atoms with E-state index in [2.05, 4.69) is 6.92 Å². The van der Waals surface area contributed by atoms with Crippen molar-refractivity contribution in [2.45, 2.75) is 63.5 Å². The predicted octanol–water partition coefficient (Wildman–Crippen LogP) is 3.34. The molecule has 0 spiro atoms. The van der Waals surface area contributed by atoms with Crippen LogP contribution in [-0.2, 0) is 19.1 Å². The Morgan fingerprint density at radius 2 is 2.06 bits per heavy atom. The molecule has 0 aromatic heterocycles. The van der Waals surface area contributed by atoms with Gasteiger partial charge in [-0.3, -0.25) is 0 Å². The van der Waals surface area contributed by atoms with Crippen LogP contribution in [0.5, 0.6) is 0 Å². The number of rotatable bonds is 4. The van der Waals surface area contributed by atoms with Gasteiger partial charge in [-0.1, -0.05) is 0 Å². The van der Waals surface area contributed by atoms with Crippen molar-refractivity contribution in [2.24, 2.45) is 17.8 Å². The Morgan fingerprint density at radius 3 is 2.74 bits per heavy atom. The van der Waals surface area contributed by atoms with Crippen LogP contribution in [0.15, 0.2) is 35.4 Å². The van der Waals surface area contributed by atoms with Gasteiger partial charge in [-0.15, -0.1) is 0 Å². The number of nitrogens with zero attached hydrogens (tertiary/aromatic N) is 1. The number of hydrogen-bond acceptors (Lipinski definition) is 6. The van der Waals surface area contributed by atoms with Gasteiger partial charge in [0.1, 0.15) is 0 Å². The molecule has 1 aromatic carbocycles. The number of hydrogen-bond donors (Lipinski definition) is 0. The molecule has 166 valence electrons. The first kappa shape index (κ1) is 22.0. The fraction of sp³-hybridized carbons (Fsp3) is 0.565. The number of nitro benzene ring substituents is 1. The molecule has 1 saturated carbocycles. The number of carbonyl (C=O) groups is 2. The third-order valence-corrected chi connectivity index (χ3v) is 10.1. The molecular formula is C23H27NO6Se. The van der Waals surface area contributed by atoms with E-state index < -0.39 is 5.60 Å². The van der Waals surface area contributed by atoms with E-state index in [0.29, 0.717) is 6.42 Å². The summed E-state index contributed by atoms with van der Waals surface area (Å²) in [6.07, 6.45) is 1.87. The molecule has 0 N–H and O–H groups in total. The fourth-order valence-electron chi connectivity index (χ4n) is 5.51. The number of nitro groups is 1. The second-order valence-corrected chi connectivity index (χ2v) is 11.6. The standard InChI is InChI=1S/C23H27NO6Se/c1-12-15-9-10-23(4,30-14(3)25)16-11-19(13(2)20(16)21(15)29-22(12)26)31-18-8-6-5-7-17(18)24(27)28/h5-8,12,15-16,19,21H,9-11H2,1-4H3/t12-,15-,16+,19?,21-,23+/m0/s1. The SMILES string of the molecule is CC(=O)O[C@]1(C)CC[C@H]2[C@H](C)C(=O)O[C@@H]2C2=C(C)C([Se]c3ccccc3[N+](=O)[O-])C[C@H]21. The molecule has 2 aliphatic carbocycles. The second-order valence-electron chi connectivity index (χ2n) is 9.01. The van der Waals surface area contributed by atoms with Gasteiger partial charge in [0.25, 0.3) is 0 Å². The van der Waals surface area contributed by atoms with Crippen LogP contribution in [0.25, 0.3) is 0 Å². The molecule has 8 heteroatoms. The van der Waals surface area contributed by atoms with Gasteiger partial charge in [0.15, 0.2) is 0 Å². The van der Waals surface area contributed by atoms with Crippen LogP contribution >= 0.6 is 0 Å². The van der Waals surface area contributed by atoms with E-state index in [-0.39, 0.29) is 66.2 Å². The van der Waals surface area contributed by atoms with E-state index in [4.69, 9.17) is 9.47 Å². The normalized spacial score (nSPS) is 34.6. The van der Waals surface area contributed by atoms with Gasteiger partial charge in [0, 0.05) is 0 Å². The first-order valence-electron chi connectivity index (χ1n) is 10.6. The minimum atomic E-state index is -0.674. The number of ether oxygens (including phenoxy) is 2. The molecule has 0 amide bonds. The molecule has 7 nitrogen and oxygen atoms in total. The first-order chi connectivity index (χ1) is 14.6. The van der Waals surface area contributed by atoms with Gasteiger partial charge in [-0.2, -0.15) is 0 Å². The number of esters is 2. The zero-order chi connectivity index (χ0) is 22.5. The zero-order valence-corrected chi connectivity index (χ0v) is 19.8. The van der Waals surface area contributed by atoms with Crippen LogP contribution in [0, 0.1) is 27.9 Å². The summed E-state index contributed by atoms with van der Waals surface area (Å²) in [5.74, 6) is -0.666. The van der Waals surface area contributed by atoms with Gasteiger partial charge in [-0.05, 0) is 0 Å². The van der Waals surface area contributed by atoms with Crippen molar-refractivity contribution in [3.05, 3.63) is 45.5 Å². The maximum atomic E-state index is 12.4. The van der Waals surface area contributed by atoms with Crippen molar-refractivity contribution in [2.75, 3.05) is 0 Å². The van der Waals surface area contributed by atoms with Crippen molar-refractivity contribution < 1.29 is 24.0 Å². The number of fused-ring (bicyclic) bond motifs is 3. The molecular weight excluding hydrogens is 465 g/mol. The predicted molar refractivity (Wildman–Crippen MR) is 115 cm³/mol. The molecule has 3 aliphatic rings. The molecule has 1 aromatic rings. The van der Waals surface area contributed by atoms with E-state index in [1.807, 2.05) is 26.0 Å². The van der Waals surface area contributed by atoms with Crippen LogP contribution in [0.1, 0.15) is 47.0 Å². The Hall–Kier alpha value is -2.18. The molecule has 0 radical (unpaired) electrons. The molecule has 2 fully saturated rings. The van der Waals surface area contributed by atoms with Crippen molar-refractivity contribution in [1.82, 2.24) is 0 Å². The average Bonchev–Trinajstić information content (AvgIpc) is 3.13. The van der Waals surface area contributed by atoms with Gasteiger partial charge < -0.3 is 0 Å². The van der Waals surface area contributed by atoms with Gasteiger partial charge in [0.2, 0.25) is 0 Å². The van der Waals surface area contributed by atoms with Crippen molar-refractivity contribution in [3.8, 4) is 0 Å². The van der Waals surface area contributed by atoms with Crippen molar-refractivity contribution in [3.63, 3.8) is 0 Å². The monoisotopic (exact) mass is 493 g/mol. The topological polar surface area (TPSA) is 95.7 Å². The van der Waals surface area contributed by atoms with Gasteiger partial charge in [0.05, 0.1) is 0 Å². The molecule has 1 unspecified atom stereocenters. The van der Waals surface area contributed by atoms with Gasteiger partial charge >= 0.3 is 188 Å². The molecule has 6 atom stereocenters. The fourth-order valence-corrected chi connectivity index (χ4v) is 8.29. The number of carbonyl (C=O) groups excluding carboxylic acids is 2. The van der Waals surface area contributed by atoms with Gasteiger partial charge in [-0.25, -0.2) is 0 Å². The second kappa shape index (κ2) is 8.06. The molecule has 1 heterocycles. The Labute approximate surface area is 187 Å². The molecule has 1 saturated heterocycles. The third-order valence-electron chi connectivity index (χ3n) is 7.14. The summed E-state index contributed by atoms with van der Waals surface area (Å²) in [6, 6.07) is 6.89.